The minimum Gasteiger partial charge on any atom is -0.478 e. The third-order valence-electron chi connectivity index (χ3n) is 5.18. The maximum atomic E-state index is 11.4. The standard InChI is InChI=1S/C24H27ClN6O3/c1-5-27-13-17(23(25)26)12-18-14-30(4)29-22(18)19-9-8-15(2)11-20(19)16(3)34-21-7-6-10-28-24(21)31(32)33/h6-11,13-14,16,26-27H,5,12H2,1-4H3/b17-13-,26-23?/t16-/m1/s1. The fraction of sp³-hybridized carbons (Fsp3) is 0.292. The maximum absolute atomic E-state index is 11.4. The fourth-order valence-corrected chi connectivity index (χ4v) is 3.74. The zero-order valence-corrected chi connectivity index (χ0v) is 20.3. The van der Waals surface area contributed by atoms with Gasteiger partial charge in [-0.15, -0.1) is 0 Å². The fourth-order valence-electron chi connectivity index (χ4n) is 3.62. The number of benzene rings is 1. The summed E-state index contributed by atoms with van der Waals surface area (Å²) >= 11 is 6.03. The summed E-state index contributed by atoms with van der Waals surface area (Å²) in [5, 5.41) is 27.0. The van der Waals surface area contributed by atoms with E-state index in [4.69, 9.17) is 21.7 Å². The first-order valence-electron chi connectivity index (χ1n) is 10.8. The van der Waals surface area contributed by atoms with Crippen LogP contribution in [-0.2, 0) is 13.5 Å². The molecule has 0 unspecified atom stereocenters. The predicted molar refractivity (Wildman–Crippen MR) is 132 cm³/mol. The third kappa shape index (κ3) is 5.79. The molecule has 0 amide bonds. The van der Waals surface area contributed by atoms with E-state index in [1.54, 1.807) is 16.9 Å². The summed E-state index contributed by atoms with van der Waals surface area (Å²) in [7, 11) is 1.83. The van der Waals surface area contributed by atoms with Crippen molar-refractivity contribution in [1.82, 2.24) is 20.1 Å². The van der Waals surface area contributed by atoms with E-state index in [9.17, 15) is 10.1 Å². The van der Waals surface area contributed by atoms with Gasteiger partial charge in [0.15, 0.2) is 0 Å². The van der Waals surface area contributed by atoms with Crippen LogP contribution in [0.15, 0.2) is 54.5 Å². The molecule has 0 bridgehead atoms. The number of halogens is 1. The van der Waals surface area contributed by atoms with E-state index in [1.807, 2.05) is 52.2 Å². The third-order valence-corrected chi connectivity index (χ3v) is 5.42. The zero-order valence-electron chi connectivity index (χ0n) is 19.5. The van der Waals surface area contributed by atoms with Gasteiger partial charge in [-0.3, -0.25) is 10.1 Å². The van der Waals surface area contributed by atoms with Crippen LogP contribution in [0.25, 0.3) is 11.3 Å². The first-order chi connectivity index (χ1) is 16.2. The largest absolute Gasteiger partial charge is 0.478 e. The lowest BCUT2D eigenvalue weighted by Gasteiger charge is -2.19. The molecule has 0 saturated carbocycles. The maximum Gasteiger partial charge on any atom is 0.406 e. The van der Waals surface area contributed by atoms with Crippen molar-refractivity contribution in [2.75, 3.05) is 6.54 Å². The SMILES string of the molecule is CCN/C=C(/Cc1cn(C)nc1-c1ccc(C)cc1[C@@H](C)Oc1cccnc1[N+](=O)[O-])C(=N)Cl. The molecule has 0 aliphatic carbocycles. The number of aromatic nitrogens is 3. The summed E-state index contributed by atoms with van der Waals surface area (Å²) in [5.74, 6) is -0.235. The molecule has 0 fully saturated rings. The average molecular weight is 483 g/mol. The van der Waals surface area contributed by atoms with Crippen LogP contribution in [0.3, 0.4) is 0 Å². The molecule has 0 aliphatic heterocycles. The number of nitrogens with zero attached hydrogens (tertiary/aromatic N) is 4. The van der Waals surface area contributed by atoms with Crippen LogP contribution in [-0.4, -0.2) is 31.4 Å². The number of hydrogen-bond donors (Lipinski definition) is 2. The number of nitro groups is 1. The van der Waals surface area contributed by atoms with Gasteiger partial charge in [0.25, 0.3) is 0 Å². The molecule has 2 heterocycles. The minimum atomic E-state index is -0.560. The van der Waals surface area contributed by atoms with E-state index in [0.29, 0.717) is 18.5 Å². The van der Waals surface area contributed by atoms with Gasteiger partial charge in [-0.1, -0.05) is 35.4 Å². The lowest BCUT2D eigenvalue weighted by molar-refractivity contribution is -0.390. The molecule has 0 aliphatic rings. The van der Waals surface area contributed by atoms with Crippen LogP contribution >= 0.6 is 11.6 Å². The summed E-state index contributed by atoms with van der Waals surface area (Å²) in [4.78, 5) is 14.6. The Balaban J connectivity index is 2.04. The minimum absolute atomic E-state index is 0.0412. The number of allylic oxidation sites excluding steroid dienone is 1. The van der Waals surface area contributed by atoms with Crippen molar-refractivity contribution in [1.29, 1.82) is 5.41 Å². The highest BCUT2D eigenvalue weighted by Crippen LogP contribution is 2.35. The van der Waals surface area contributed by atoms with Gasteiger partial charge in [0, 0.05) is 54.7 Å². The average Bonchev–Trinajstić information content (AvgIpc) is 3.16. The summed E-state index contributed by atoms with van der Waals surface area (Å²) < 4.78 is 7.73. The molecule has 2 aromatic heterocycles. The quantitative estimate of drug-likeness (QED) is 0.236. The zero-order chi connectivity index (χ0) is 24.8. The highest BCUT2D eigenvalue weighted by atomic mass is 35.5. The van der Waals surface area contributed by atoms with Gasteiger partial charge in [-0.05, 0) is 42.8 Å². The number of ether oxygens (including phenoxy) is 1. The van der Waals surface area contributed by atoms with E-state index in [-0.39, 0.29) is 16.7 Å². The monoisotopic (exact) mass is 482 g/mol. The van der Waals surface area contributed by atoms with Crippen molar-refractivity contribution in [2.24, 2.45) is 7.05 Å². The van der Waals surface area contributed by atoms with Crippen LogP contribution < -0.4 is 10.1 Å². The van der Waals surface area contributed by atoms with E-state index in [0.717, 1.165) is 27.9 Å². The lowest BCUT2D eigenvalue weighted by Crippen LogP contribution is -2.09. The molecule has 0 saturated heterocycles. The van der Waals surface area contributed by atoms with Crippen molar-refractivity contribution >= 4 is 22.6 Å². The Morgan fingerprint density at radius 3 is 2.85 bits per heavy atom. The second-order valence-electron chi connectivity index (χ2n) is 7.83. The number of hydrogen-bond acceptors (Lipinski definition) is 7. The molecule has 0 spiro atoms. The molecule has 3 rings (SSSR count). The van der Waals surface area contributed by atoms with Crippen molar-refractivity contribution in [3.05, 3.63) is 81.3 Å². The number of nitrogens with one attached hydrogen (secondary N) is 2. The van der Waals surface area contributed by atoms with Gasteiger partial charge in [0.1, 0.15) is 17.5 Å². The van der Waals surface area contributed by atoms with Crippen molar-refractivity contribution < 1.29 is 9.66 Å². The van der Waals surface area contributed by atoms with Crippen LogP contribution in [0, 0.1) is 22.4 Å². The molecule has 0 radical (unpaired) electrons. The Morgan fingerprint density at radius 2 is 2.18 bits per heavy atom. The van der Waals surface area contributed by atoms with Gasteiger partial charge in [-0.25, -0.2) is 0 Å². The summed E-state index contributed by atoms with van der Waals surface area (Å²) in [6.07, 6.45) is 4.90. The van der Waals surface area contributed by atoms with Crippen LogP contribution in [0.1, 0.15) is 36.6 Å². The molecule has 2 N–H and O–H groups in total. The Labute approximate surface area is 203 Å². The molecule has 34 heavy (non-hydrogen) atoms. The van der Waals surface area contributed by atoms with Gasteiger partial charge in [0.2, 0.25) is 5.75 Å². The van der Waals surface area contributed by atoms with Crippen molar-refractivity contribution in [3.63, 3.8) is 0 Å². The van der Waals surface area contributed by atoms with Crippen molar-refractivity contribution in [2.45, 2.75) is 33.3 Å². The van der Waals surface area contributed by atoms with Crippen LogP contribution in [0.2, 0.25) is 0 Å². The van der Waals surface area contributed by atoms with E-state index < -0.39 is 11.0 Å². The number of aryl methyl sites for hydroxylation is 2. The molecule has 9 nitrogen and oxygen atoms in total. The molecular formula is C24H27ClN6O3. The smallest absolute Gasteiger partial charge is 0.406 e. The van der Waals surface area contributed by atoms with E-state index >= 15 is 0 Å². The Morgan fingerprint density at radius 1 is 1.41 bits per heavy atom. The first kappa shape index (κ1) is 24.9. The molecule has 1 atom stereocenters. The number of pyridine rings is 1. The Kier molecular flexibility index (Phi) is 8.01. The van der Waals surface area contributed by atoms with Gasteiger partial charge in [0.05, 0.1) is 5.69 Å². The summed E-state index contributed by atoms with van der Waals surface area (Å²) in [6, 6.07) is 9.07. The first-order valence-corrected chi connectivity index (χ1v) is 11.1. The molecule has 178 valence electrons. The Hall–Kier alpha value is -3.72. The highest BCUT2D eigenvalue weighted by Gasteiger charge is 2.23. The second-order valence-corrected chi connectivity index (χ2v) is 8.21. The topological polar surface area (TPSA) is 119 Å². The van der Waals surface area contributed by atoms with E-state index in [1.165, 1.54) is 12.3 Å². The lowest BCUT2D eigenvalue weighted by atomic mass is 9.94. The Bertz CT molecular complexity index is 1240. The normalized spacial score (nSPS) is 12.3. The van der Waals surface area contributed by atoms with Crippen LogP contribution in [0.4, 0.5) is 5.82 Å². The molecule has 1 aromatic carbocycles. The summed E-state index contributed by atoms with van der Waals surface area (Å²) in [5.41, 5.74) is 4.94. The number of rotatable bonds is 10. The molecule has 3 aromatic rings. The molecular weight excluding hydrogens is 456 g/mol. The van der Waals surface area contributed by atoms with E-state index in [2.05, 4.69) is 15.4 Å². The van der Waals surface area contributed by atoms with Gasteiger partial charge >= 0.3 is 5.82 Å². The predicted octanol–water partition coefficient (Wildman–Crippen LogP) is 5.09. The van der Waals surface area contributed by atoms with Gasteiger partial charge in [-0.2, -0.15) is 5.10 Å². The van der Waals surface area contributed by atoms with Crippen molar-refractivity contribution in [3.8, 4) is 17.0 Å². The summed E-state index contributed by atoms with van der Waals surface area (Å²) in [6.45, 7) is 6.49. The van der Waals surface area contributed by atoms with Gasteiger partial charge < -0.3 is 20.2 Å². The molecule has 10 heteroatoms. The highest BCUT2D eigenvalue weighted by molar-refractivity contribution is 6.68. The second kappa shape index (κ2) is 10.9. The van der Waals surface area contributed by atoms with Crippen LogP contribution in [0.5, 0.6) is 5.75 Å².